The minimum atomic E-state index is -3.82. The first-order valence-electron chi connectivity index (χ1n) is 8.05. The molecule has 2 heterocycles. The maximum atomic E-state index is 12.4. The first kappa shape index (κ1) is 18.6. The maximum absolute atomic E-state index is 12.4. The van der Waals surface area contributed by atoms with Gasteiger partial charge in [0, 0.05) is 24.7 Å². The number of hydrogen-bond donors (Lipinski definition) is 3. The van der Waals surface area contributed by atoms with E-state index in [0.717, 1.165) is 6.42 Å². The summed E-state index contributed by atoms with van der Waals surface area (Å²) < 4.78 is 32.0. The van der Waals surface area contributed by atoms with Gasteiger partial charge in [-0.1, -0.05) is 11.2 Å². The van der Waals surface area contributed by atoms with Crippen LogP contribution in [-0.4, -0.2) is 37.8 Å². The van der Waals surface area contributed by atoms with Crippen molar-refractivity contribution in [3.05, 3.63) is 36.1 Å². The number of nitrogens with zero attached hydrogens (tertiary/aromatic N) is 2. The van der Waals surface area contributed by atoms with E-state index in [1.165, 1.54) is 30.3 Å². The van der Waals surface area contributed by atoms with Gasteiger partial charge in [-0.15, -0.1) is 0 Å². The average molecular weight is 391 g/mol. The molecule has 0 unspecified atom stereocenters. The number of nitrogens with one attached hydrogen (secondary N) is 3. The standard InChI is InChI=1S/C16H17N5O5S/c1-10-8-14(20-26-10)19-16(23)15(22)18-11-4-2-5-12(9-11)27(24,25)21-13-6-3-7-17-13/h2,4-5,8-9H,3,6-7H2,1H3,(H,17,21)(H,18,22)(H,19,20,23). The Bertz CT molecular complexity index is 1010. The van der Waals surface area contributed by atoms with Gasteiger partial charge in [0.15, 0.2) is 5.82 Å². The normalized spacial score (nSPS) is 13.7. The Balaban J connectivity index is 1.67. The van der Waals surface area contributed by atoms with Crippen LogP contribution in [0.4, 0.5) is 11.5 Å². The predicted octanol–water partition coefficient (Wildman–Crippen LogP) is 1.03. The summed E-state index contributed by atoms with van der Waals surface area (Å²) in [5.74, 6) is -0.950. The second kappa shape index (κ2) is 7.58. The van der Waals surface area contributed by atoms with E-state index in [1.54, 1.807) is 6.92 Å². The number of hydrogen-bond acceptors (Lipinski definition) is 7. The van der Waals surface area contributed by atoms with Gasteiger partial charge in [0.05, 0.1) is 4.90 Å². The second-order valence-corrected chi connectivity index (χ2v) is 7.48. The van der Waals surface area contributed by atoms with Gasteiger partial charge in [-0.25, -0.2) is 8.42 Å². The van der Waals surface area contributed by atoms with Crippen molar-refractivity contribution in [3.63, 3.8) is 0 Å². The van der Waals surface area contributed by atoms with Crippen LogP contribution < -0.4 is 15.4 Å². The Morgan fingerprint density at radius 1 is 1.15 bits per heavy atom. The fourth-order valence-corrected chi connectivity index (χ4v) is 3.50. The molecule has 0 spiro atoms. The molecule has 0 fully saturated rings. The zero-order valence-electron chi connectivity index (χ0n) is 14.4. The van der Waals surface area contributed by atoms with Gasteiger partial charge < -0.3 is 9.84 Å². The summed E-state index contributed by atoms with van der Waals surface area (Å²) in [6.07, 6.45) is 1.37. The van der Waals surface area contributed by atoms with Crippen molar-refractivity contribution in [3.8, 4) is 0 Å². The van der Waals surface area contributed by atoms with Crippen molar-refractivity contribution >= 4 is 39.2 Å². The summed E-state index contributed by atoms with van der Waals surface area (Å²) in [5, 5.41) is 8.17. The van der Waals surface area contributed by atoms with E-state index in [0.29, 0.717) is 24.6 Å². The molecule has 0 bridgehead atoms. The van der Waals surface area contributed by atoms with Crippen molar-refractivity contribution in [2.45, 2.75) is 24.7 Å². The van der Waals surface area contributed by atoms with Gasteiger partial charge in [-0.05, 0) is 31.5 Å². The fourth-order valence-electron chi connectivity index (χ4n) is 2.36. The van der Waals surface area contributed by atoms with Crippen molar-refractivity contribution in [2.24, 2.45) is 4.99 Å². The molecule has 142 valence electrons. The third kappa shape index (κ3) is 4.70. The molecule has 3 N–H and O–H groups in total. The Hall–Kier alpha value is -3.21. The summed E-state index contributed by atoms with van der Waals surface area (Å²) in [7, 11) is -3.82. The number of anilines is 2. The lowest BCUT2D eigenvalue weighted by atomic mass is 10.3. The number of sulfonamides is 1. The molecule has 1 aliphatic heterocycles. The van der Waals surface area contributed by atoms with Crippen LogP contribution in [0.2, 0.25) is 0 Å². The fraction of sp³-hybridized carbons (Fsp3) is 0.250. The number of benzene rings is 1. The van der Waals surface area contributed by atoms with E-state index in [4.69, 9.17) is 4.52 Å². The molecule has 1 aromatic heterocycles. The molecular weight excluding hydrogens is 374 g/mol. The Kier molecular flexibility index (Phi) is 5.21. The van der Waals surface area contributed by atoms with E-state index in [1.807, 2.05) is 0 Å². The maximum Gasteiger partial charge on any atom is 0.315 e. The van der Waals surface area contributed by atoms with Crippen LogP contribution in [0.15, 0.2) is 44.7 Å². The average Bonchev–Trinajstić information content (AvgIpc) is 3.26. The number of aliphatic imine (C=N–C) groups is 1. The molecule has 0 saturated heterocycles. The van der Waals surface area contributed by atoms with Crippen molar-refractivity contribution in [2.75, 3.05) is 17.2 Å². The molecule has 27 heavy (non-hydrogen) atoms. The number of carbonyl (C=O) groups excluding carboxylic acids is 2. The van der Waals surface area contributed by atoms with Crippen molar-refractivity contribution < 1.29 is 22.5 Å². The van der Waals surface area contributed by atoms with Crippen LogP contribution in [0, 0.1) is 6.92 Å². The van der Waals surface area contributed by atoms with Crippen LogP contribution in [0.3, 0.4) is 0 Å². The summed E-state index contributed by atoms with van der Waals surface area (Å²) in [6.45, 7) is 2.23. The molecule has 0 radical (unpaired) electrons. The second-order valence-electron chi connectivity index (χ2n) is 5.80. The van der Waals surface area contributed by atoms with Crippen LogP contribution >= 0.6 is 0 Å². The highest BCUT2D eigenvalue weighted by molar-refractivity contribution is 7.90. The summed E-state index contributed by atoms with van der Waals surface area (Å²) >= 11 is 0. The topological polar surface area (TPSA) is 143 Å². The predicted molar refractivity (Wildman–Crippen MR) is 96.8 cm³/mol. The lowest BCUT2D eigenvalue weighted by Gasteiger charge is -2.10. The van der Waals surface area contributed by atoms with E-state index in [9.17, 15) is 18.0 Å². The molecule has 2 amide bonds. The Morgan fingerprint density at radius 3 is 2.59 bits per heavy atom. The first-order chi connectivity index (χ1) is 12.8. The number of aryl methyl sites for hydroxylation is 1. The minimum absolute atomic E-state index is 0.0533. The monoisotopic (exact) mass is 391 g/mol. The van der Waals surface area contributed by atoms with Gasteiger partial charge in [0.25, 0.3) is 10.0 Å². The van der Waals surface area contributed by atoms with Crippen LogP contribution in [0.5, 0.6) is 0 Å². The number of amides is 2. The highest BCUT2D eigenvalue weighted by Crippen LogP contribution is 2.16. The van der Waals surface area contributed by atoms with E-state index in [-0.39, 0.29) is 16.4 Å². The van der Waals surface area contributed by atoms with E-state index in [2.05, 4.69) is 25.5 Å². The third-order valence-electron chi connectivity index (χ3n) is 3.60. The zero-order chi connectivity index (χ0) is 19.4. The lowest BCUT2D eigenvalue weighted by Crippen LogP contribution is -2.30. The molecule has 3 rings (SSSR count). The van der Waals surface area contributed by atoms with Gasteiger partial charge in [-0.3, -0.25) is 24.6 Å². The quantitative estimate of drug-likeness (QED) is 0.664. The van der Waals surface area contributed by atoms with E-state index >= 15 is 0 Å². The number of amidine groups is 1. The van der Waals surface area contributed by atoms with Gasteiger partial charge in [0.2, 0.25) is 0 Å². The molecular formula is C16H17N5O5S. The lowest BCUT2D eigenvalue weighted by molar-refractivity contribution is -0.133. The number of aromatic nitrogens is 1. The Labute approximate surface area is 155 Å². The van der Waals surface area contributed by atoms with E-state index < -0.39 is 21.8 Å². The third-order valence-corrected chi connectivity index (χ3v) is 4.98. The summed E-state index contributed by atoms with van der Waals surface area (Å²) in [6, 6.07) is 7.02. The molecule has 10 nitrogen and oxygen atoms in total. The molecule has 11 heteroatoms. The molecule has 0 atom stereocenters. The highest BCUT2D eigenvalue weighted by atomic mass is 32.2. The van der Waals surface area contributed by atoms with Gasteiger partial charge in [-0.2, -0.15) is 0 Å². The minimum Gasteiger partial charge on any atom is -0.360 e. The molecule has 1 aliphatic rings. The van der Waals surface area contributed by atoms with Gasteiger partial charge >= 0.3 is 11.8 Å². The molecule has 1 aromatic carbocycles. The van der Waals surface area contributed by atoms with Crippen LogP contribution in [0.25, 0.3) is 0 Å². The van der Waals surface area contributed by atoms with Crippen molar-refractivity contribution in [1.82, 2.24) is 9.88 Å². The zero-order valence-corrected chi connectivity index (χ0v) is 15.2. The summed E-state index contributed by atoms with van der Waals surface area (Å²) in [4.78, 5) is 27.9. The number of carbonyl (C=O) groups is 2. The van der Waals surface area contributed by atoms with Crippen molar-refractivity contribution in [1.29, 1.82) is 0 Å². The smallest absolute Gasteiger partial charge is 0.315 e. The Morgan fingerprint density at radius 2 is 1.93 bits per heavy atom. The molecule has 2 aromatic rings. The SMILES string of the molecule is Cc1cc(NC(=O)C(=O)Nc2cccc(S(=O)(=O)NC3=NCCC3)c2)no1. The summed E-state index contributed by atoms with van der Waals surface area (Å²) in [5.41, 5.74) is 0.155. The molecule has 0 saturated carbocycles. The largest absolute Gasteiger partial charge is 0.360 e. The highest BCUT2D eigenvalue weighted by Gasteiger charge is 2.20. The number of rotatable bonds is 4. The van der Waals surface area contributed by atoms with Crippen LogP contribution in [0.1, 0.15) is 18.6 Å². The van der Waals surface area contributed by atoms with Gasteiger partial charge in [0.1, 0.15) is 11.6 Å². The van der Waals surface area contributed by atoms with Crippen LogP contribution in [-0.2, 0) is 19.6 Å². The molecule has 0 aliphatic carbocycles. The first-order valence-corrected chi connectivity index (χ1v) is 9.54.